The van der Waals surface area contributed by atoms with Crippen molar-refractivity contribution >= 4 is 11.8 Å². The molecule has 0 heterocycles. The summed E-state index contributed by atoms with van der Waals surface area (Å²) in [6.07, 6.45) is 0.185. The van der Waals surface area contributed by atoms with Gasteiger partial charge >= 0.3 is 0 Å². The largest absolute Gasteiger partial charge is 0.354 e. The van der Waals surface area contributed by atoms with Crippen LogP contribution >= 0.6 is 0 Å². The number of halogens is 1. The summed E-state index contributed by atoms with van der Waals surface area (Å²) in [4.78, 5) is 23.8. The van der Waals surface area contributed by atoms with Gasteiger partial charge in [0.25, 0.3) is 5.91 Å². The van der Waals surface area contributed by atoms with Gasteiger partial charge in [-0.3, -0.25) is 9.59 Å². The molecule has 4 nitrogen and oxygen atoms in total. The van der Waals surface area contributed by atoms with Crippen LogP contribution in [0, 0.1) is 5.82 Å². The first-order chi connectivity index (χ1) is 12.0. The molecule has 2 aromatic rings. The van der Waals surface area contributed by atoms with Gasteiger partial charge in [-0.1, -0.05) is 38.1 Å². The zero-order valence-electron chi connectivity index (χ0n) is 14.5. The predicted octanol–water partition coefficient (Wildman–Crippen LogP) is 3.04. The topological polar surface area (TPSA) is 58.2 Å². The quantitative estimate of drug-likeness (QED) is 0.760. The molecule has 0 fully saturated rings. The van der Waals surface area contributed by atoms with Gasteiger partial charge < -0.3 is 10.6 Å². The lowest BCUT2D eigenvalue weighted by atomic mass is 10.0. The Morgan fingerprint density at radius 1 is 0.920 bits per heavy atom. The molecule has 0 spiro atoms. The van der Waals surface area contributed by atoms with E-state index in [4.69, 9.17) is 0 Å². The van der Waals surface area contributed by atoms with Gasteiger partial charge in [0, 0.05) is 18.7 Å². The van der Waals surface area contributed by atoms with Crippen LogP contribution in [0.1, 0.15) is 41.3 Å². The van der Waals surface area contributed by atoms with E-state index in [0.29, 0.717) is 24.6 Å². The molecule has 0 unspecified atom stereocenters. The fraction of sp³-hybridized carbons (Fsp3) is 0.300. The average molecular weight is 342 g/mol. The second-order valence-electron chi connectivity index (χ2n) is 6.19. The van der Waals surface area contributed by atoms with Crippen molar-refractivity contribution < 1.29 is 14.0 Å². The third-order valence-corrected chi connectivity index (χ3v) is 3.85. The fourth-order valence-electron chi connectivity index (χ4n) is 2.35. The Morgan fingerprint density at radius 2 is 1.52 bits per heavy atom. The second-order valence-corrected chi connectivity index (χ2v) is 6.19. The van der Waals surface area contributed by atoms with Gasteiger partial charge in [0.2, 0.25) is 5.91 Å². The zero-order valence-corrected chi connectivity index (χ0v) is 14.5. The van der Waals surface area contributed by atoms with Crippen LogP contribution in [0.15, 0.2) is 48.5 Å². The summed E-state index contributed by atoms with van der Waals surface area (Å²) in [6.45, 7) is 4.89. The van der Waals surface area contributed by atoms with Gasteiger partial charge in [-0.15, -0.1) is 0 Å². The molecule has 5 heteroatoms. The van der Waals surface area contributed by atoms with E-state index in [1.54, 1.807) is 24.3 Å². The molecule has 0 saturated carbocycles. The Bertz CT molecular complexity index is 709. The standard InChI is InChI=1S/C20H23FN2O2/c1-14(2)16-5-7-17(8-6-16)20(25)23-12-11-22-19(24)13-15-3-9-18(21)10-4-15/h3-10,14H,11-13H2,1-2H3,(H,22,24)(H,23,25). The first-order valence-corrected chi connectivity index (χ1v) is 8.35. The maximum absolute atomic E-state index is 12.8. The highest BCUT2D eigenvalue weighted by atomic mass is 19.1. The van der Waals surface area contributed by atoms with Gasteiger partial charge in [0.05, 0.1) is 6.42 Å². The lowest BCUT2D eigenvalue weighted by molar-refractivity contribution is -0.120. The first kappa shape index (κ1) is 18.6. The van der Waals surface area contributed by atoms with E-state index >= 15 is 0 Å². The maximum Gasteiger partial charge on any atom is 0.251 e. The molecule has 0 aromatic heterocycles. The summed E-state index contributed by atoms with van der Waals surface area (Å²) < 4.78 is 12.8. The number of benzene rings is 2. The Labute approximate surface area is 147 Å². The molecule has 0 aliphatic carbocycles. The molecule has 0 atom stereocenters. The van der Waals surface area contributed by atoms with Crippen molar-refractivity contribution in [1.29, 1.82) is 0 Å². The fourth-order valence-corrected chi connectivity index (χ4v) is 2.35. The second kappa shape index (κ2) is 8.97. The maximum atomic E-state index is 12.8. The van der Waals surface area contributed by atoms with E-state index in [1.807, 2.05) is 12.1 Å². The van der Waals surface area contributed by atoms with E-state index < -0.39 is 0 Å². The number of nitrogens with one attached hydrogen (secondary N) is 2. The van der Waals surface area contributed by atoms with Crippen LogP contribution in [0.3, 0.4) is 0 Å². The van der Waals surface area contributed by atoms with Crippen LogP contribution in [0.5, 0.6) is 0 Å². The van der Waals surface area contributed by atoms with Gasteiger partial charge in [0.15, 0.2) is 0 Å². The van der Waals surface area contributed by atoms with E-state index in [0.717, 1.165) is 5.56 Å². The van der Waals surface area contributed by atoms with Crippen LogP contribution in [0.2, 0.25) is 0 Å². The number of amides is 2. The monoisotopic (exact) mass is 342 g/mol. The van der Waals surface area contributed by atoms with Crippen LogP contribution < -0.4 is 10.6 Å². The zero-order chi connectivity index (χ0) is 18.2. The molecule has 0 saturated heterocycles. The predicted molar refractivity (Wildman–Crippen MR) is 96.0 cm³/mol. The van der Waals surface area contributed by atoms with Crippen molar-refractivity contribution in [3.8, 4) is 0 Å². The van der Waals surface area contributed by atoms with Gasteiger partial charge in [-0.25, -0.2) is 4.39 Å². The SMILES string of the molecule is CC(C)c1ccc(C(=O)NCCNC(=O)Cc2ccc(F)cc2)cc1. The van der Waals surface area contributed by atoms with Crippen LogP contribution in [-0.2, 0) is 11.2 Å². The van der Waals surface area contributed by atoms with Crippen molar-refractivity contribution in [2.75, 3.05) is 13.1 Å². The number of carbonyl (C=O) groups excluding carboxylic acids is 2. The van der Waals surface area contributed by atoms with E-state index in [9.17, 15) is 14.0 Å². The van der Waals surface area contributed by atoms with Crippen molar-refractivity contribution in [1.82, 2.24) is 10.6 Å². The molecular formula is C20H23FN2O2. The highest BCUT2D eigenvalue weighted by molar-refractivity contribution is 5.94. The van der Waals surface area contributed by atoms with E-state index in [1.165, 1.54) is 17.7 Å². The molecule has 0 aliphatic rings. The van der Waals surface area contributed by atoms with Crippen molar-refractivity contribution in [2.24, 2.45) is 0 Å². The summed E-state index contributed by atoms with van der Waals surface area (Å²) in [5, 5.41) is 5.50. The molecule has 2 N–H and O–H groups in total. The van der Waals surface area contributed by atoms with Crippen molar-refractivity contribution in [3.05, 3.63) is 71.0 Å². The van der Waals surface area contributed by atoms with Crippen LogP contribution in [0.4, 0.5) is 4.39 Å². The molecule has 132 valence electrons. The average Bonchev–Trinajstić information content (AvgIpc) is 2.60. The normalized spacial score (nSPS) is 10.6. The smallest absolute Gasteiger partial charge is 0.251 e. The summed E-state index contributed by atoms with van der Waals surface area (Å²) in [7, 11) is 0. The van der Waals surface area contributed by atoms with Gasteiger partial charge in [-0.2, -0.15) is 0 Å². The lowest BCUT2D eigenvalue weighted by Crippen LogP contribution is -2.35. The lowest BCUT2D eigenvalue weighted by Gasteiger charge is -2.09. The Hall–Kier alpha value is -2.69. The van der Waals surface area contributed by atoms with Gasteiger partial charge in [0.1, 0.15) is 5.82 Å². The molecule has 2 rings (SSSR count). The van der Waals surface area contributed by atoms with Crippen molar-refractivity contribution in [2.45, 2.75) is 26.2 Å². The van der Waals surface area contributed by atoms with Crippen LogP contribution in [-0.4, -0.2) is 24.9 Å². The minimum Gasteiger partial charge on any atom is -0.354 e. The molecule has 0 radical (unpaired) electrons. The number of carbonyl (C=O) groups is 2. The molecule has 2 amide bonds. The summed E-state index contributed by atoms with van der Waals surface area (Å²) in [5.41, 5.74) is 2.53. The third-order valence-electron chi connectivity index (χ3n) is 3.85. The Kier molecular flexibility index (Phi) is 6.69. The van der Waals surface area contributed by atoms with E-state index in [-0.39, 0.29) is 24.1 Å². The highest BCUT2D eigenvalue weighted by Crippen LogP contribution is 2.14. The number of hydrogen-bond acceptors (Lipinski definition) is 2. The van der Waals surface area contributed by atoms with Gasteiger partial charge in [-0.05, 0) is 41.3 Å². The molecule has 0 bridgehead atoms. The highest BCUT2D eigenvalue weighted by Gasteiger charge is 2.07. The minimum atomic E-state index is -0.326. The summed E-state index contributed by atoms with van der Waals surface area (Å²) >= 11 is 0. The van der Waals surface area contributed by atoms with Crippen molar-refractivity contribution in [3.63, 3.8) is 0 Å². The number of hydrogen-bond donors (Lipinski definition) is 2. The summed E-state index contributed by atoms with van der Waals surface area (Å²) in [6, 6.07) is 13.3. The summed E-state index contributed by atoms with van der Waals surface area (Å²) in [5.74, 6) is -0.230. The number of rotatable bonds is 7. The Morgan fingerprint density at radius 3 is 2.12 bits per heavy atom. The van der Waals surface area contributed by atoms with Crippen LogP contribution in [0.25, 0.3) is 0 Å². The molecular weight excluding hydrogens is 319 g/mol. The third kappa shape index (κ3) is 6.03. The first-order valence-electron chi connectivity index (χ1n) is 8.35. The molecule has 0 aliphatic heterocycles. The molecule has 2 aromatic carbocycles. The minimum absolute atomic E-state index is 0.164. The van der Waals surface area contributed by atoms with E-state index in [2.05, 4.69) is 24.5 Å². The Balaban J connectivity index is 1.70. The molecule has 25 heavy (non-hydrogen) atoms.